The molecule has 1 saturated heterocycles. The van der Waals surface area contributed by atoms with Crippen LogP contribution in [0, 0.1) is 5.92 Å². The smallest absolute Gasteiger partial charge is 0.308 e. The Kier molecular flexibility index (Phi) is 3.66. The molecule has 1 aromatic heterocycles. The summed E-state index contributed by atoms with van der Waals surface area (Å²) in [6.45, 7) is 0.726. The average molecular weight is 303 g/mol. The van der Waals surface area contributed by atoms with Gasteiger partial charge in [-0.1, -0.05) is 28.8 Å². The van der Waals surface area contributed by atoms with Crippen LogP contribution in [0.5, 0.6) is 0 Å². The highest BCUT2D eigenvalue weighted by molar-refractivity contribution is 7.03. The molecule has 2 aromatic rings. The molecule has 0 bridgehead atoms. The lowest BCUT2D eigenvalue weighted by Crippen LogP contribution is -2.25. The van der Waals surface area contributed by atoms with Crippen LogP contribution in [0.3, 0.4) is 0 Å². The summed E-state index contributed by atoms with van der Waals surface area (Å²) in [5, 5.41) is 14.8. The first-order valence-corrected chi connectivity index (χ1v) is 7.34. The number of benzene rings is 1. The van der Waals surface area contributed by atoms with Crippen molar-refractivity contribution in [2.75, 3.05) is 6.54 Å². The van der Waals surface area contributed by atoms with E-state index in [1.807, 2.05) is 29.6 Å². The third kappa shape index (κ3) is 2.92. The van der Waals surface area contributed by atoms with E-state index in [-0.39, 0.29) is 18.9 Å². The molecular formula is C14H13N3O3S. The minimum Gasteiger partial charge on any atom is -0.481 e. The third-order valence-electron chi connectivity index (χ3n) is 3.55. The second-order valence-electron chi connectivity index (χ2n) is 5.00. The molecule has 21 heavy (non-hydrogen) atoms. The van der Waals surface area contributed by atoms with Crippen LogP contribution in [0.15, 0.2) is 29.6 Å². The number of carbonyl (C=O) groups is 2. The largest absolute Gasteiger partial charge is 0.481 e. The fraction of sp³-hybridized carbons (Fsp3) is 0.286. The number of hydrogen-bond acceptors (Lipinski definition) is 5. The van der Waals surface area contributed by atoms with Crippen LogP contribution in [0.4, 0.5) is 0 Å². The monoisotopic (exact) mass is 303 g/mol. The van der Waals surface area contributed by atoms with Gasteiger partial charge in [0, 0.05) is 30.5 Å². The predicted molar refractivity (Wildman–Crippen MR) is 76.5 cm³/mol. The van der Waals surface area contributed by atoms with E-state index in [1.54, 1.807) is 4.90 Å². The molecular weight excluding hydrogens is 290 g/mol. The lowest BCUT2D eigenvalue weighted by Gasteiger charge is -2.16. The van der Waals surface area contributed by atoms with E-state index in [0.717, 1.165) is 16.8 Å². The van der Waals surface area contributed by atoms with Crippen molar-refractivity contribution >= 4 is 23.4 Å². The van der Waals surface area contributed by atoms with Crippen molar-refractivity contribution in [3.8, 4) is 11.3 Å². The minimum absolute atomic E-state index is 0.0951. The van der Waals surface area contributed by atoms with Crippen molar-refractivity contribution in [3.63, 3.8) is 0 Å². The molecule has 1 aliphatic rings. The van der Waals surface area contributed by atoms with Crippen LogP contribution in [0.1, 0.15) is 12.0 Å². The molecule has 1 aromatic carbocycles. The minimum atomic E-state index is -0.905. The van der Waals surface area contributed by atoms with Gasteiger partial charge in [-0.05, 0) is 17.1 Å². The molecule has 0 aliphatic carbocycles. The van der Waals surface area contributed by atoms with E-state index in [2.05, 4.69) is 9.59 Å². The number of amides is 1. The summed E-state index contributed by atoms with van der Waals surface area (Å²) in [6, 6.07) is 7.72. The number of carboxylic acids is 1. The zero-order valence-electron chi connectivity index (χ0n) is 11.1. The topological polar surface area (TPSA) is 83.4 Å². The first-order chi connectivity index (χ1) is 10.1. The Morgan fingerprint density at radius 1 is 1.38 bits per heavy atom. The Balaban J connectivity index is 1.68. The van der Waals surface area contributed by atoms with E-state index in [4.69, 9.17) is 5.11 Å². The Morgan fingerprint density at radius 2 is 2.14 bits per heavy atom. The van der Waals surface area contributed by atoms with Crippen LogP contribution in [-0.4, -0.2) is 38.0 Å². The molecule has 6 nitrogen and oxygen atoms in total. The summed E-state index contributed by atoms with van der Waals surface area (Å²) in [4.78, 5) is 24.3. The average Bonchev–Trinajstić information content (AvgIpc) is 3.10. The summed E-state index contributed by atoms with van der Waals surface area (Å²) in [5.41, 5.74) is 2.78. The van der Waals surface area contributed by atoms with Crippen LogP contribution < -0.4 is 0 Å². The Hall–Kier alpha value is -2.28. The molecule has 1 aliphatic heterocycles. The highest BCUT2D eigenvalue weighted by Gasteiger charge is 2.33. The summed E-state index contributed by atoms with van der Waals surface area (Å²) < 4.78 is 3.82. The van der Waals surface area contributed by atoms with Gasteiger partial charge in [-0.2, -0.15) is 0 Å². The second kappa shape index (κ2) is 5.61. The Morgan fingerprint density at radius 3 is 2.71 bits per heavy atom. The molecule has 0 spiro atoms. The van der Waals surface area contributed by atoms with Crippen molar-refractivity contribution in [1.29, 1.82) is 0 Å². The summed E-state index contributed by atoms with van der Waals surface area (Å²) in [5.74, 6) is -1.59. The SMILES string of the molecule is O=C(O)[C@H]1CC(=O)N(Cc2ccc(-c3csnn3)cc2)C1. The van der Waals surface area contributed by atoms with Gasteiger partial charge >= 0.3 is 5.97 Å². The molecule has 2 heterocycles. The van der Waals surface area contributed by atoms with Crippen molar-refractivity contribution in [1.82, 2.24) is 14.5 Å². The molecule has 7 heteroatoms. The highest BCUT2D eigenvalue weighted by Crippen LogP contribution is 2.22. The van der Waals surface area contributed by atoms with Crippen molar-refractivity contribution < 1.29 is 14.7 Å². The van der Waals surface area contributed by atoms with Crippen LogP contribution in [0.2, 0.25) is 0 Å². The van der Waals surface area contributed by atoms with Gasteiger partial charge in [0.2, 0.25) is 5.91 Å². The first kappa shape index (κ1) is 13.7. The van der Waals surface area contributed by atoms with Crippen LogP contribution >= 0.6 is 11.5 Å². The number of carbonyl (C=O) groups excluding carboxylic acids is 1. The molecule has 0 unspecified atom stereocenters. The zero-order valence-corrected chi connectivity index (χ0v) is 11.9. The second-order valence-corrected chi connectivity index (χ2v) is 5.61. The number of nitrogens with zero attached hydrogens (tertiary/aromatic N) is 3. The molecule has 1 atom stereocenters. The molecule has 0 saturated carbocycles. The van der Waals surface area contributed by atoms with Crippen molar-refractivity contribution in [2.24, 2.45) is 5.92 Å². The molecule has 1 amide bonds. The van der Waals surface area contributed by atoms with Gasteiger partial charge in [0.15, 0.2) is 0 Å². The van der Waals surface area contributed by atoms with E-state index in [1.165, 1.54) is 11.5 Å². The highest BCUT2D eigenvalue weighted by atomic mass is 32.1. The lowest BCUT2D eigenvalue weighted by molar-refractivity contribution is -0.141. The van der Waals surface area contributed by atoms with Gasteiger partial charge in [0.1, 0.15) is 5.69 Å². The molecule has 1 fully saturated rings. The third-order valence-corrected chi connectivity index (χ3v) is 4.05. The normalized spacial score (nSPS) is 18.2. The number of hydrogen-bond donors (Lipinski definition) is 1. The molecule has 108 valence electrons. The van der Waals surface area contributed by atoms with E-state index >= 15 is 0 Å². The number of aromatic nitrogens is 2. The van der Waals surface area contributed by atoms with Crippen LogP contribution in [-0.2, 0) is 16.1 Å². The van der Waals surface area contributed by atoms with Crippen LogP contribution in [0.25, 0.3) is 11.3 Å². The molecule has 0 radical (unpaired) electrons. The summed E-state index contributed by atoms with van der Waals surface area (Å²) in [6.07, 6.45) is 0.0951. The lowest BCUT2D eigenvalue weighted by atomic mass is 10.1. The summed E-state index contributed by atoms with van der Waals surface area (Å²) >= 11 is 1.30. The zero-order chi connectivity index (χ0) is 14.8. The van der Waals surface area contributed by atoms with Crippen molar-refractivity contribution in [2.45, 2.75) is 13.0 Å². The maximum absolute atomic E-state index is 11.8. The van der Waals surface area contributed by atoms with Gasteiger partial charge in [0.05, 0.1) is 5.92 Å². The number of carboxylic acid groups (broad SMARTS) is 1. The molecule has 1 N–H and O–H groups in total. The van der Waals surface area contributed by atoms with Crippen molar-refractivity contribution in [3.05, 3.63) is 35.2 Å². The van der Waals surface area contributed by atoms with Gasteiger partial charge in [-0.3, -0.25) is 9.59 Å². The van der Waals surface area contributed by atoms with Gasteiger partial charge in [-0.15, -0.1) is 5.10 Å². The number of aliphatic carboxylic acids is 1. The predicted octanol–water partition coefficient (Wildman–Crippen LogP) is 1.64. The van der Waals surface area contributed by atoms with Gasteiger partial charge in [0.25, 0.3) is 0 Å². The molecule has 3 rings (SSSR count). The maximum atomic E-state index is 11.8. The Bertz CT molecular complexity index is 655. The van der Waals surface area contributed by atoms with E-state index < -0.39 is 11.9 Å². The fourth-order valence-electron chi connectivity index (χ4n) is 2.38. The number of likely N-dealkylation sites (tertiary alicyclic amines) is 1. The Labute approximate surface area is 125 Å². The maximum Gasteiger partial charge on any atom is 0.308 e. The quantitative estimate of drug-likeness (QED) is 0.928. The van der Waals surface area contributed by atoms with E-state index in [9.17, 15) is 9.59 Å². The fourth-order valence-corrected chi connectivity index (χ4v) is 2.85. The standard InChI is InChI=1S/C14H13N3O3S/c18-13-5-11(14(19)20)7-17(13)6-9-1-3-10(4-2-9)12-8-21-16-15-12/h1-4,8,11H,5-7H2,(H,19,20)/t11-/m0/s1. The van der Waals surface area contributed by atoms with Gasteiger partial charge in [-0.25, -0.2) is 0 Å². The van der Waals surface area contributed by atoms with E-state index in [0.29, 0.717) is 6.54 Å². The van der Waals surface area contributed by atoms with Gasteiger partial charge < -0.3 is 10.0 Å². The first-order valence-electron chi connectivity index (χ1n) is 6.50. The number of rotatable bonds is 4. The summed E-state index contributed by atoms with van der Waals surface area (Å²) in [7, 11) is 0.